The van der Waals surface area contributed by atoms with Gasteiger partial charge in [-0.15, -0.1) is 0 Å². The van der Waals surface area contributed by atoms with Crippen molar-refractivity contribution in [2.75, 3.05) is 26.6 Å². The molecule has 8 nitrogen and oxygen atoms in total. The molecule has 30 heavy (non-hydrogen) atoms. The Kier molecular flexibility index (Phi) is 5.38. The van der Waals surface area contributed by atoms with E-state index in [-0.39, 0.29) is 6.42 Å². The van der Waals surface area contributed by atoms with Gasteiger partial charge in [0, 0.05) is 36.2 Å². The van der Waals surface area contributed by atoms with Crippen molar-refractivity contribution < 1.29 is 19.0 Å². The van der Waals surface area contributed by atoms with E-state index >= 15 is 0 Å². The van der Waals surface area contributed by atoms with Gasteiger partial charge in [-0.3, -0.25) is 4.40 Å². The van der Waals surface area contributed by atoms with Crippen molar-refractivity contribution in [2.45, 2.75) is 13.0 Å². The highest BCUT2D eigenvalue weighted by Crippen LogP contribution is 2.30. The molecule has 8 heteroatoms. The van der Waals surface area contributed by atoms with Crippen molar-refractivity contribution in [3.05, 3.63) is 53.9 Å². The Morgan fingerprint density at radius 1 is 1.03 bits per heavy atom. The van der Waals surface area contributed by atoms with Gasteiger partial charge in [-0.05, 0) is 24.3 Å². The van der Waals surface area contributed by atoms with Gasteiger partial charge in [0.2, 0.25) is 5.95 Å². The number of carbonyl (C=O) groups is 1. The number of benzene rings is 2. The number of para-hydroxylation sites is 1. The van der Waals surface area contributed by atoms with Crippen molar-refractivity contribution in [1.29, 1.82) is 0 Å². The Hall–Kier alpha value is -3.81. The van der Waals surface area contributed by atoms with Crippen LogP contribution in [0.1, 0.15) is 11.3 Å². The van der Waals surface area contributed by atoms with Crippen molar-refractivity contribution in [3.8, 4) is 17.2 Å². The number of aromatic nitrogens is 3. The first kappa shape index (κ1) is 19.5. The lowest BCUT2D eigenvalue weighted by atomic mass is 10.2. The molecule has 0 aliphatic carbocycles. The number of aldehydes is 1. The number of anilines is 1. The van der Waals surface area contributed by atoms with Crippen LogP contribution in [-0.4, -0.2) is 42.0 Å². The molecular formula is C22H22N4O4. The van der Waals surface area contributed by atoms with Crippen LogP contribution >= 0.6 is 0 Å². The van der Waals surface area contributed by atoms with E-state index in [2.05, 4.69) is 10.3 Å². The molecule has 1 N–H and O–H groups in total. The quantitative estimate of drug-likeness (QED) is 0.450. The van der Waals surface area contributed by atoms with Crippen LogP contribution in [0.4, 0.5) is 5.95 Å². The fourth-order valence-electron chi connectivity index (χ4n) is 3.40. The number of ether oxygens (including phenoxy) is 3. The summed E-state index contributed by atoms with van der Waals surface area (Å²) in [6.45, 7) is 0.469. The summed E-state index contributed by atoms with van der Waals surface area (Å²) in [6, 6.07) is 11.3. The summed E-state index contributed by atoms with van der Waals surface area (Å²) >= 11 is 0. The number of imidazole rings is 1. The van der Waals surface area contributed by atoms with E-state index in [1.807, 2.05) is 47.0 Å². The Balaban J connectivity index is 1.80. The molecule has 0 spiro atoms. The summed E-state index contributed by atoms with van der Waals surface area (Å²) < 4.78 is 18.1. The molecule has 0 saturated heterocycles. The monoisotopic (exact) mass is 406 g/mol. The lowest BCUT2D eigenvalue weighted by Gasteiger charge is -2.14. The molecule has 4 rings (SSSR count). The number of nitrogens with zero attached hydrogens (tertiary/aromatic N) is 3. The van der Waals surface area contributed by atoms with Crippen LogP contribution in [-0.2, 0) is 17.8 Å². The highest BCUT2D eigenvalue weighted by atomic mass is 16.5. The smallest absolute Gasteiger partial charge is 0.209 e. The van der Waals surface area contributed by atoms with Crippen molar-refractivity contribution >= 4 is 28.8 Å². The lowest BCUT2D eigenvalue weighted by molar-refractivity contribution is -0.107. The van der Waals surface area contributed by atoms with Crippen LogP contribution < -0.4 is 19.5 Å². The van der Waals surface area contributed by atoms with Crippen LogP contribution in [0.15, 0.2) is 42.6 Å². The number of rotatable bonds is 8. The average Bonchev–Trinajstić information content (AvgIpc) is 3.21. The van der Waals surface area contributed by atoms with Crippen molar-refractivity contribution in [2.24, 2.45) is 0 Å². The van der Waals surface area contributed by atoms with E-state index in [1.54, 1.807) is 21.3 Å². The molecule has 2 aromatic heterocycles. The topological polar surface area (TPSA) is 87.0 Å². The lowest BCUT2D eigenvalue weighted by Crippen LogP contribution is -2.08. The fourth-order valence-corrected chi connectivity index (χ4v) is 3.40. The Morgan fingerprint density at radius 2 is 1.87 bits per heavy atom. The summed E-state index contributed by atoms with van der Waals surface area (Å²) in [5.74, 6) is 2.67. The van der Waals surface area contributed by atoms with E-state index in [0.29, 0.717) is 40.8 Å². The second-order valence-corrected chi connectivity index (χ2v) is 6.62. The fraction of sp³-hybridized carbons (Fsp3) is 0.227. The molecule has 2 aromatic carbocycles. The molecule has 0 unspecified atom stereocenters. The van der Waals surface area contributed by atoms with Gasteiger partial charge in [0.15, 0.2) is 0 Å². The molecule has 0 amide bonds. The predicted molar refractivity (Wildman–Crippen MR) is 114 cm³/mol. The molecule has 0 aliphatic heterocycles. The van der Waals surface area contributed by atoms with Crippen LogP contribution in [0.5, 0.6) is 17.2 Å². The largest absolute Gasteiger partial charge is 0.497 e. The molecule has 0 radical (unpaired) electrons. The van der Waals surface area contributed by atoms with Crippen LogP contribution in [0.2, 0.25) is 0 Å². The minimum atomic E-state index is 0.235. The summed E-state index contributed by atoms with van der Waals surface area (Å²) in [4.78, 5) is 20.4. The third kappa shape index (κ3) is 3.47. The van der Waals surface area contributed by atoms with Gasteiger partial charge < -0.3 is 24.3 Å². The van der Waals surface area contributed by atoms with Crippen LogP contribution in [0, 0.1) is 0 Å². The van der Waals surface area contributed by atoms with Crippen LogP contribution in [0.3, 0.4) is 0 Å². The van der Waals surface area contributed by atoms with Gasteiger partial charge in [0.25, 0.3) is 0 Å². The second-order valence-electron chi connectivity index (χ2n) is 6.62. The molecule has 2 heterocycles. The highest BCUT2D eigenvalue weighted by molar-refractivity contribution is 5.96. The first-order valence-electron chi connectivity index (χ1n) is 9.41. The highest BCUT2D eigenvalue weighted by Gasteiger charge is 2.15. The summed E-state index contributed by atoms with van der Waals surface area (Å²) in [6.07, 6.45) is 2.90. The third-order valence-corrected chi connectivity index (χ3v) is 4.89. The number of carbonyl (C=O) groups excluding carboxylic acids is 1. The maximum Gasteiger partial charge on any atom is 0.209 e. The van der Waals surface area contributed by atoms with E-state index in [1.165, 1.54) is 0 Å². The van der Waals surface area contributed by atoms with Gasteiger partial charge >= 0.3 is 0 Å². The molecule has 0 saturated carbocycles. The zero-order chi connectivity index (χ0) is 21.1. The maximum absolute atomic E-state index is 11.0. The average molecular weight is 406 g/mol. The van der Waals surface area contributed by atoms with Crippen LogP contribution in [0.25, 0.3) is 16.6 Å². The van der Waals surface area contributed by atoms with E-state index in [9.17, 15) is 4.79 Å². The third-order valence-electron chi connectivity index (χ3n) is 4.89. The normalized spacial score (nSPS) is 10.9. The Morgan fingerprint density at radius 3 is 2.60 bits per heavy atom. The maximum atomic E-state index is 11.0. The van der Waals surface area contributed by atoms with Crippen molar-refractivity contribution in [3.63, 3.8) is 0 Å². The van der Waals surface area contributed by atoms with Gasteiger partial charge in [-0.1, -0.05) is 6.07 Å². The molecule has 0 atom stereocenters. The number of hydrogen-bond donors (Lipinski definition) is 1. The summed E-state index contributed by atoms with van der Waals surface area (Å²) in [5.41, 5.74) is 3.02. The number of nitrogens with one attached hydrogen (secondary N) is 1. The van der Waals surface area contributed by atoms with Gasteiger partial charge in [-0.25, -0.2) is 9.97 Å². The first-order valence-corrected chi connectivity index (χ1v) is 9.41. The standard InChI is InChI=1S/C22H22N4O4/c1-28-16-8-7-14(19(11-16)30-3)12-23-22-25-20-17(5-4-6-18(20)29-2)21-24-15(9-10-27)13-26(21)22/h4-8,10-11,13H,9,12H2,1-3H3,(H,23,25). The molecule has 0 bridgehead atoms. The SMILES string of the molecule is COc1ccc(CNc2nc3c(OC)cccc3c3nc(CC=O)cn23)c(OC)c1. The molecule has 0 fully saturated rings. The van der Waals surface area contributed by atoms with E-state index in [4.69, 9.17) is 19.2 Å². The summed E-state index contributed by atoms with van der Waals surface area (Å²) in [5, 5.41) is 4.21. The molecule has 4 aromatic rings. The number of fused-ring (bicyclic) bond motifs is 3. The zero-order valence-electron chi connectivity index (χ0n) is 17.0. The Labute approximate surface area is 173 Å². The van der Waals surface area contributed by atoms with Gasteiger partial charge in [0.1, 0.15) is 34.7 Å². The van der Waals surface area contributed by atoms with Gasteiger partial charge in [0.05, 0.1) is 27.0 Å². The van der Waals surface area contributed by atoms with E-state index < -0.39 is 0 Å². The molecule has 154 valence electrons. The predicted octanol–water partition coefficient (Wildman–Crippen LogP) is 3.26. The molecular weight excluding hydrogens is 384 g/mol. The minimum absolute atomic E-state index is 0.235. The van der Waals surface area contributed by atoms with Gasteiger partial charge in [-0.2, -0.15) is 0 Å². The van der Waals surface area contributed by atoms with Crippen molar-refractivity contribution in [1.82, 2.24) is 14.4 Å². The van der Waals surface area contributed by atoms with E-state index in [0.717, 1.165) is 23.0 Å². The first-order chi connectivity index (χ1) is 14.7. The molecule has 0 aliphatic rings. The Bertz CT molecular complexity index is 1220. The number of hydrogen-bond acceptors (Lipinski definition) is 7. The summed E-state index contributed by atoms with van der Waals surface area (Å²) in [7, 11) is 4.85. The second kappa shape index (κ2) is 8.28. The minimum Gasteiger partial charge on any atom is -0.497 e. The zero-order valence-corrected chi connectivity index (χ0v) is 17.0. The number of methoxy groups -OCH3 is 3.